The summed E-state index contributed by atoms with van der Waals surface area (Å²) in [6, 6.07) is 3.71. The summed E-state index contributed by atoms with van der Waals surface area (Å²) < 4.78 is 6.19. The van der Waals surface area contributed by atoms with Gasteiger partial charge in [0.1, 0.15) is 5.75 Å². The number of halogens is 1. The summed E-state index contributed by atoms with van der Waals surface area (Å²) in [5.41, 5.74) is 1.79. The molecule has 0 spiro atoms. The fourth-order valence-corrected chi connectivity index (χ4v) is 1.65. The maximum Gasteiger partial charge on any atom is 0.307 e. The molecule has 1 aromatic rings. The second-order valence-corrected chi connectivity index (χ2v) is 4.15. The number of rotatable bonds is 3. The lowest BCUT2D eigenvalue weighted by molar-refractivity contribution is -0.136. The number of ether oxygens (including phenoxy) is 1. The number of carboxylic acids is 1. The van der Waals surface area contributed by atoms with Gasteiger partial charge in [-0.2, -0.15) is 0 Å². The van der Waals surface area contributed by atoms with E-state index in [0.29, 0.717) is 5.75 Å². The van der Waals surface area contributed by atoms with Gasteiger partial charge in [-0.25, -0.2) is 0 Å². The van der Waals surface area contributed by atoms with Gasteiger partial charge in [0, 0.05) is 9.13 Å². The third kappa shape index (κ3) is 2.60. The number of aliphatic carboxylic acids is 1. The highest BCUT2D eigenvalue weighted by molar-refractivity contribution is 14.1. The first-order valence-corrected chi connectivity index (χ1v) is 5.17. The minimum Gasteiger partial charge on any atom is -0.496 e. The third-order valence-corrected chi connectivity index (χ3v) is 3.07. The van der Waals surface area contributed by atoms with Gasteiger partial charge in [-0.05, 0) is 41.1 Å². The Morgan fingerprint density at radius 1 is 1.57 bits per heavy atom. The van der Waals surface area contributed by atoms with Crippen molar-refractivity contribution in [2.75, 3.05) is 7.11 Å². The SMILES string of the molecule is COc1cc(I)c(C)cc1CC(=O)O. The number of carbonyl (C=O) groups is 1. The van der Waals surface area contributed by atoms with Crippen molar-refractivity contribution >= 4 is 28.6 Å². The van der Waals surface area contributed by atoms with Crippen molar-refractivity contribution in [2.45, 2.75) is 13.3 Å². The van der Waals surface area contributed by atoms with Gasteiger partial charge in [0.25, 0.3) is 0 Å². The van der Waals surface area contributed by atoms with Crippen molar-refractivity contribution in [1.29, 1.82) is 0 Å². The quantitative estimate of drug-likeness (QED) is 0.871. The normalized spacial score (nSPS) is 9.93. The molecule has 0 amide bonds. The molecule has 0 atom stereocenters. The number of aryl methyl sites for hydroxylation is 1. The summed E-state index contributed by atoms with van der Waals surface area (Å²) in [4.78, 5) is 10.6. The molecule has 0 radical (unpaired) electrons. The lowest BCUT2D eigenvalue weighted by atomic mass is 10.1. The van der Waals surface area contributed by atoms with Crippen LogP contribution in [-0.4, -0.2) is 18.2 Å². The maximum atomic E-state index is 10.6. The standard InChI is InChI=1S/C10H11IO3/c1-6-3-7(4-10(12)13)9(14-2)5-8(6)11/h3,5H,4H2,1-2H3,(H,12,13). The van der Waals surface area contributed by atoms with Crippen LogP contribution < -0.4 is 4.74 Å². The van der Waals surface area contributed by atoms with Gasteiger partial charge in [0.2, 0.25) is 0 Å². The second kappa shape index (κ2) is 4.63. The van der Waals surface area contributed by atoms with Crippen LogP contribution in [0.25, 0.3) is 0 Å². The van der Waals surface area contributed by atoms with Crippen LogP contribution in [0, 0.1) is 10.5 Å². The zero-order valence-electron chi connectivity index (χ0n) is 8.00. The summed E-state index contributed by atoms with van der Waals surface area (Å²) in [5.74, 6) is -0.202. The van der Waals surface area contributed by atoms with Crippen LogP contribution in [0.4, 0.5) is 0 Å². The molecular weight excluding hydrogens is 295 g/mol. The van der Waals surface area contributed by atoms with E-state index in [1.807, 2.05) is 19.1 Å². The van der Waals surface area contributed by atoms with Crippen LogP contribution >= 0.6 is 22.6 Å². The molecule has 4 heteroatoms. The Morgan fingerprint density at radius 2 is 2.21 bits per heavy atom. The molecule has 0 fully saturated rings. The Balaban J connectivity index is 3.13. The average molecular weight is 306 g/mol. The molecule has 0 bridgehead atoms. The molecule has 1 rings (SSSR count). The smallest absolute Gasteiger partial charge is 0.307 e. The zero-order chi connectivity index (χ0) is 10.7. The van der Waals surface area contributed by atoms with E-state index in [1.54, 1.807) is 7.11 Å². The lowest BCUT2D eigenvalue weighted by Gasteiger charge is -2.09. The molecule has 0 saturated heterocycles. The summed E-state index contributed by atoms with van der Waals surface area (Å²) in [7, 11) is 1.55. The highest BCUT2D eigenvalue weighted by atomic mass is 127. The number of hydrogen-bond donors (Lipinski definition) is 1. The van der Waals surface area contributed by atoms with Crippen LogP contribution in [0.5, 0.6) is 5.75 Å². The molecule has 0 saturated carbocycles. The van der Waals surface area contributed by atoms with Crippen molar-refractivity contribution in [3.05, 3.63) is 26.8 Å². The minimum atomic E-state index is -0.844. The largest absolute Gasteiger partial charge is 0.496 e. The Hall–Kier alpha value is -0.780. The third-order valence-electron chi connectivity index (χ3n) is 1.90. The van der Waals surface area contributed by atoms with Crippen LogP contribution in [0.1, 0.15) is 11.1 Å². The zero-order valence-corrected chi connectivity index (χ0v) is 10.2. The molecule has 0 unspecified atom stereocenters. The number of benzene rings is 1. The molecule has 0 aliphatic carbocycles. The molecular formula is C10H11IO3. The van der Waals surface area contributed by atoms with Gasteiger partial charge in [-0.3, -0.25) is 4.79 Å². The van der Waals surface area contributed by atoms with E-state index in [-0.39, 0.29) is 6.42 Å². The van der Waals surface area contributed by atoms with Crippen LogP contribution in [0.2, 0.25) is 0 Å². The molecule has 1 aromatic carbocycles. The Labute approximate surface area is 96.2 Å². The van der Waals surface area contributed by atoms with E-state index in [0.717, 1.165) is 14.7 Å². The summed E-state index contributed by atoms with van der Waals surface area (Å²) in [5, 5.41) is 8.69. The topological polar surface area (TPSA) is 46.5 Å². The molecule has 14 heavy (non-hydrogen) atoms. The van der Waals surface area contributed by atoms with E-state index in [1.165, 1.54) is 0 Å². The summed E-state index contributed by atoms with van der Waals surface area (Å²) in [6.45, 7) is 1.95. The highest BCUT2D eigenvalue weighted by Crippen LogP contribution is 2.24. The average Bonchev–Trinajstić information content (AvgIpc) is 2.10. The van der Waals surface area contributed by atoms with Gasteiger partial charge >= 0.3 is 5.97 Å². The van der Waals surface area contributed by atoms with E-state index >= 15 is 0 Å². The molecule has 0 heterocycles. The predicted molar refractivity (Wildman–Crippen MR) is 61.8 cm³/mol. The highest BCUT2D eigenvalue weighted by Gasteiger charge is 2.09. The molecule has 3 nitrogen and oxygen atoms in total. The van der Waals surface area contributed by atoms with Gasteiger partial charge < -0.3 is 9.84 Å². The van der Waals surface area contributed by atoms with Crippen LogP contribution in [0.15, 0.2) is 12.1 Å². The molecule has 0 aliphatic heterocycles. The van der Waals surface area contributed by atoms with Crippen LogP contribution in [-0.2, 0) is 11.2 Å². The maximum absolute atomic E-state index is 10.6. The number of hydrogen-bond acceptors (Lipinski definition) is 2. The fourth-order valence-electron chi connectivity index (χ4n) is 1.21. The van der Waals surface area contributed by atoms with Crippen molar-refractivity contribution in [3.63, 3.8) is 0 Å². The van der Waals surface area contributed by atoms with Gasteiger partial charge in [-0.15, -0.1) is 0 Å². The summed E-state index contributed by atoms with van der Waals surface area (Å²) >= 11 is 2.20. The fraction of sp³-hybridized carbons (Fsp3) is 0.300. The molecule has 76 valence electrons. The Morgan fingerprint density at radius 3 is 2.71 bits per heavy atom. The van der Waals surface area contributed by atoms with Gasteiger partial charge in [0.05, 0.1) is 13.5 Å². The van der Waals surface area contributed by atoms with Crippen molar-refractivity contribution in [3.8, 4) is 5.75 Å². The molecule has 0 aliphatic rings. The first kappa shape index (κ1) is 11.3. The Kier molecular flexibility index (Phi) is 3.74. The van der Waals surface area contributed by atoms with Gasteiger partial charge in [0.15, 0.2) is 0 Å². The lowest BCUT2D eigenvalue weighted by Crippen LogP contribution is -2.03. The van der Waals surface area contributed by atoms with E-state index in [4.69, 9.17) is 9.84 Å². The summed E-state index contributed by atoms with van der Waals surface area (Å²) in [6.07, 6.45) is 0.000926. The second-order valence-electron chi connectivity index (χ2n) is 2.98. The first-order valence-electron chi connectivity index (χ1n) is 4.09. The number of carboxylic acid groups (broad SMARTS) is 1. The predicted octanol–water partition coefficient (Wildman–Crippen LogP) is 2.24. The monoisotopic (exact) mass is 306 g/mol. The van der Waals surface area contributed by atoms with Crippen molar-refractivity contribution in [1.82, 2.24) is 0 Å². The van der Waals surface area contributed by atoms with Gasteiger partial charge in [-0.1, -0.05) is 6.07 Å². The van der Waals surface area contributed by atoms with E-state index in [2.05, 4.69) is 22.6 Å². The van der Waals surface area contributed by atoms with Crippen molar-refractivity contribution in [2.24, 2.45) is 0 Å². The van der Waals surface area contributed by atoms with Crippen LogP contribution in [0.3, 0.4) is 0 Å². The van der Waals surface area contributed by atoms with E-state index in [9.17, 15) is 4.79 Å². The van der Waals surface area contributed by atoms with Crippen molar-refractivity contribution < 1.29 is 14.6 Å². The molecule has 1 N–H and O–H groups in total. The molecule has 0 aromatic heterocycles. The number of methoxy groups -OCH3 is 1. The van der Waals surface area contributed by atoms with E-state index < -0.39 is 5.97 Å². The Bertz CT molecular complexity index is 361. The minimum absolute atomic E-state index is 0.000926. The first-order chi connectivity index (χ1) is 6.54.